The van der Waals surface area contributed by atoms with Crippen LogP contribution in [-0.2, 0) is 20.7 Å². The number of aromatic nitrogens is 2. The van der Waals surface area contributed by atoms with Crippen LogP contribution in [0, 0.1) is 0 Å². The molecule has 17 heavy (non-hydrogen) atoms. The Hall–Kier alpha value is -1.40. The third kappa shape index (κ3) is 5.46. The first-order valence-electron chi connectivity index (χ1n) is 5.71. The van der Waals surface area contributed by atoms with Crippen LogP contribution in [0.3, 0.4) is 0 Å². The third-order valence-electron chi connectivity index (χ3n) is 2.12. The summed E-state index contributed by atoms with van der Waals surface area (Å²) in [6, 6.07) is -0.665. The Morgan fingerprint density at radius 3 is 3.00 bits per heavy atom. The van der Waals surface area contributed by atoms with E-state index >= 15 is 0 Å². The quantitative estimate of drug-likeness (QED) is 0.503. The Labute approximate surface area is 101 Å². The van der Waals surface area contributed by atoms with Crippen LogP contribution in [0.25, 0.3) is 0 Å². The molecule has 0 aliphatic carbocycles. The van der Waals surface area contributed by atoms with Gasteiger partial charge in [-0.2, -0.15) is 0 Å². The van der Waals surface area contributed by atoms with Gasteiger partial charge in [-0.05, 0) is 6.42 Å². The molecule has 6 heteroatoms. The van der Waals surface area contributed by atoms with E-state index in [2.05, 4.69) is 9.97 Å². The number of carbonyl (C=O) groups excluding carboxylic acids is 1. The normalized spacial score (nSPS) is 12.4. The molecule has 0 spiro atoms. The predicted octanol–water partition coefficient (Wildman–Crippen LogP) is 0.249. The number of imidazole rings is 1. The first-order chi connectivity index (χ1) is 8.24. The van der Waals surface area contributed by atoms with Crippen LogP contribution in [0.15, 0.2) is 12.5 Å². The second-order valence-corrected chi connectivity index (χ2v) is 3.67. The summed E-state index contributed by atoms with van der Waals surface area (Å²) in [6.07, 6.45) is 4.53. The van der Waals surface area contributed by atoms with Crippen LogP contribution in [0.4, 0.5) is 0 Å². The number of carbonyl (C=O) groups is 1. The summed E-state index contributed by atoms with van der Waals surface area (Å²) >= 11 is 0. The molecule has 0 aliphatic rings. The lowest BCUT2D eigenvalue weighted by Gasteiger charge is -2.10. The predicted molar refractivity (Wildman–Crippen MR) is 62.3 cm³/mol. The lowest BCUT2D eigenvalue weighted by molar-refractivity contribution is -0.146. The van der Waals surface area contributed by atoms with Crippen molar-refractivity contribution in [1.82, 2.24) is 9.97 Å². The molecule has 1 aromatic heterocycles. The fourth-order valence-electron chi connectivity index (χ4n) is 1.27. The minimum Gasteiger partial charge on any atom is -0.462 e. The van der Waals surface area contributed by atoms with Crippen LogP contribution in [-0.4, -0.2) is 41.8 Å². The third-order valence-corrected chi connectivity index (χ3v) is 2.12. The van der Waals surface area contributed by atoms with E-state index in [1.54, 1.807) is 12.5 Å². The highest BCUT2D eigenvalue weighted by Gasteiger charge is 2.15. The molecule has 0 saturated heterocycles. The largest absolute Gasteiger partial charge is 0.462 e. The molecule has 1 atom stereocenters. The zero-order chi connectivity index (χ0) is 12.5. The zero-order valence-electron chi connectivity index (χ0n) is 10.0. The van der Waals surface area contributed by atoms with E-state index in [9.17, 15) is 4.79 Å². The highest BCUT2D eigenvalue weighted by molar-refractivity contribution is 5.75. The van der Waals surface area contributed by atoms with Gasteiger partial charge >= 0.3 is 5.97 Å². The Kier molecular flexibility index (Phi) is 6.27. The van der Waals surface area contributed by atoms with Gasteiger partial charge in [0, 0.05) is 24.9 Å². The number of ether oxygens (including phenoxy) is 2. The fraction of sp³-hybridized carbons (Fsp3) is 0.636. The van der Waals surface area contributed by atoms with Crippen molar-refractivity contribution in [3.63, 3.8) is 0 Å². The van der Waals surface area contributed by atoms with E-state index in [4.69, 9.17) is 15.2 Å². The first-order valence-corrected chi connectivity index (χ1v) is 5.71. The van der Waals surface area contributed by atoms with Crippen molar-refractivity contribution in [2.45, 2.75) is 25.8 Å². The Bertz CT molecular complexity index is 314. The molecule has 6 nitrogen and oxygen atoms in total. The van der Waals surface area contributed by atoms with Gasteiger partial charge < -0.3 is 20.2 Å². The Morgan fingerprint density at radius 1 is 1.53 bits per heavy atom. The van der Waals surface area contributed by atoms with Gasteiger partial charge in [-0.15, -0.1) is 0 Å². The molecule has 1 rings (SSSR count). The highest BCUT2D eigenvalue weighted by Crippen LogP contribution is 1.98. The van der Waals surface area contributed by atoms with Gasteiger partial charge in [0.2, 0.25) is 0 Å². The molecule has 0 amide bonds. The van der Waals surface area contributed by atoms with Gasteiger partial charge in [-0.1, -0.05) is 6.92 Å². The summed E-state index contributed by atoms with van der Waals surface area (Å²) in [6.45, 7) is 3.36. The second kappa shape index (κ2) is 7.81. The van der Waals surface area contributed by atoms with E-state index in [-0.39, 0.29) is 6.61 Å². The molecular weight excluding hydrogens is 222 g/mol. The number of esters is 1. The molecule has 0 unspecified atom stereocenters. The van der Waals surface area contributed by atoms with Crippen LogP contribution in [0.2, 0.25) is 0 Å². The topological polar surface area (TPSA) is 90.2 Å². The molecule has 0 aromatic carbocycles. The maximum atomic E-state index is 11.5. The first kappa shape index (κ1) is 13.7. The van der Waals surface area contributed by atoms with Crippen molar-refractivity contribution in [2.75, 3.05) is 19.8 Å². The van der Waals surface area contributed by atoms with Gasteiger partial charge in [0.25, 0.3) is 0 Å². The van der Waals surface area contributed by atoms with E-state index in [1.165, 1.54) is 0 Å². The number of nitrogens with two attached hydrogens (primary N) is 1. The smallest absolute Gasteiger partial charge is 0.323 e. The number of H-pyrrole nitrogens is 1. The van der Waals surface area contributed by atoms with Crippen molar-refractivity contribution < 1.29 is 14.3 Å². The van der Waals surface area contributed by atoms with Crippen LogP contribution in [0.1, 0.15) is 19.0 Å². The molecule has 3 N–H and O–H groups in total. The molecule has 0 fully saturated rings. The number of aromatic amines is 1. The average molecular weight is 241 g/mol. The van der Waals surface area contributed by atoms with Gasteiger partial charge in [0.05, 0.1) is 12.9 Å². The van der Waals surface area contributed by atoms with Gasteiger partial charge in [-0.3, -0.25) is 4.79 Å². The zero-order valence-corrected chi connectivity index (χ0v) is 10.0. The van der Waals surface area contributed by atoms with E-state index in [1.807, 2.05) is 6.92 Å². The molecule has 1 aromatic rings. The van der Waals surface area contributed by atoms with Crippen LogP contribution < -0.4 is 5.73 Å². The number of rotatable bonds is 8. The van der Waals surface area contributed by atoms with Crippen LogP contribution >= 0.6 is 0 Å². The van der Waals surface area contributed by atoms with Gasteiger partial charge in [-0.25, -0.2) is 4.98 Å². The van der Waals surface area contributed by atoms with E-state index in [0.717, 1.165) is 12.1 Å². The average Bonchev–Trinajstić information content (AvgIpc) is 2.81. The Balaban J connectivity index is 2.14. The van der Waals surface area contributed by atoms with Gasteiger partial charge in [0.1, 0.15) is 12.6 Å². The molecule has 0 aliphatic heterocycles. The van der Waals surface area contributed by atoms with Crippen LogP contribution in [0.5, 0.6) is 0 Å². The summed E-state index contributed by atoms with van der Waals surface area (Å²) in [7, 11) is 0. The van der Waals surface area contributed by atoms with E-state index in [0.29, 0.717) is 19.6 Å². The minimum atomic E-state index is -0.665. The Morgan fingerprint density at radius 2 is 2.35 bits per heavy atom. The lowest BCUT2D eigenvalue weighted by Crippen LogP contribution is -2.35. The van der Waals surface area contributed by atoms with Crippen molar-refractivity contribution in [3.8, 4) is 0 Å². The number of nitrogens with zero attached hydrogens (tertiary/aromatic N) is 1. The molecule has 0 radical (unpaired) electrons. The number of hydrogen-bond donors (Lipinski definition) is 2. The van der Waals surface area contributed by atoms with Crippen molar-refractivity contribution in [2.24, 2.45) is 5.73 Å². The summed E-state index contributed by atoms with van der Waals surface area (Å²) in [5.41, 5.74) is 6.50. The standard InChI is InChI=1S/C11H19N3O3/c1-2-3-16-4-5-17-11(15)10(12)6-9-7-13-8-14-9/h7-8,10H,2-6,12H2,1H3,(H,13,14)/t10-/m1/s1. The molecule has 1 heterocycles. The summed E-state index contributed by atoms with van der Waals surface area (Å²) in [4.78, 5) is 18.2. The van der Waals surface area contributed by atoms with Crippen molar-refractivity contribution in [1.29, 1.82) is 0 Å². The van der Waals surface area contributed by atoms with Crippen molar-refractivity contribution >= 4 is 5.97 Å². The number of nitrogens with one attached hydrogen (secondary N) is 1. The highest BCUT2D eigenvalue weighted by atomic mass is 16.6. The summed E-state index contributed by atoms with van der Waals surface area (Å²) in [5, 5.41) is 0. The SMILES string of the molecule is CCCOCCOC(=O)[C@H](N)Cc1cnc[nH]1. The maximum Gasteiger partial charge on any atom is 0.323 e. The molecule has 0 bridgehead atoms. The second-order valence-electron chi connectivity index (χ2n) is 3.67. The van der Waals surface area contributed by atoms with Gasteiger partial charge in [0.15, 0.2) is 0 Å². The van der Waals surface area contributed by atoms with Crippen molar-refractivity contribution in [3.05, 3.63) is 18.2 Å². The summed E-state index contributed by atoms with van der Waals surface area (Å²) in [5.74, 6) is -0.417. The monoisotopic (exact) mass is 241 g/mol. The summed E-state index contributed by atoms with van der Waals surface area (Å²) < 4.78 is 10.2. The molecule has 0 saturated carbocycles. The molecular formula is C11H19N3O3. The number of hydrogen-bond acceptors (Lipinski definition) is 5. The fourth-order valence-corrected chi connectivity index (χ4v) is 1.27. The maximum absolute atomic E-state index is 11.5. The van der Waals surface area contributed by atoms with E-state index < -0.39 is 12.0 Å². The minimum absolute atomic E-state index is 0.246. The lowest BCUT2D eigenvalue weighted by atomic mass is 10.2. The molecule has 96 valence electrons.